The van der Waals surface area contributed by atoms with Crippen LogP contribution < -0.4 is 5.32 Å². The normalized spacial score (nSPS) is 32.7. The molecule has 2 heterocycles. The fourth-order valence-corrected chi connectivity index (χ4v) is 2.67. The van der Waals surface area contributed by atoms with Gasteiger partial charge in [0.1, 0.15) is 0 Å². The maximum Gasteiger partial charge on any atom is 0.239 e. The van der Waals surface area contributed by atoms with Crippen LogP contribution in [-0.4, -0.2) is 36.5 Å². The third-order valence-corrected chi connectivity index (χ3v) is 3.58. The average Bonchev–Trinajstić information content (AvgIpc) is 2.29. The highest BCUT2D eigenvalue weighted by Crippen LogP contribution is 2.18. The summed E-state index contributed by atoms with van der Waals surface area (Å²) < 4.78 is 0. The molecule has 0 radical (unpaired) electrons. The van der Waals surface area contributed by atoms with Gasteiger partial charge in [-0.3, -0.25) is 4.79 Å². The Labute approximate surface area is 92.2 Å². The van der Waals surface area contributed by atoms with E-state index >= 15 is 0 Å². The molecule has 0 saturated carbocycles. The van der Waals surface area contributed by atoms with E-state index in [-0.39, 0.29) is 6.04 Å². The Morgan fingerprint density at radius 2 is 2.13 bits per heavy atom. The van der Waals surface area contributed by atoms with E-state index < -0.39 is 0 Å². The smallest absolute Gasteiger partial charge is 0.239 e. The van der Waals surface area contributed by atoms with Gasteiger partial charge in [0, 0.05) is 13.1 Å². The number of hydrogen-bond acceptors (Lipinski definition) is 2. The third kappa shape index (κ3) is 2.71. The van der Waals surface area contributed by atoms with E-state index in [1.807, 2.05) is 0 Å². The van der Waals surface area contributed by atoms with Crippen LogP contribution in [0.2, 0.25) is 0 Å². The standard InChI is InChI=1S/C12H22N2O/c1-10-5-4-8-14(9-10)12(15)11-6-2-3-7-13-11/h10-11,13H,2-9H2,1H3/t10-,11+/m0/s1. The molecule has 0 aliphatic carbocycles. The van der Waals surface area contributed by atoms with E-state index in [9.17, 15) is 4.79 Å². The number of amides is 1. The Bertz CT molecular complexity index is 224. The minimum absolute atomic E-state index is 0.115. The van der Waals surface area contributed by atoms with Gasteiger partial charge in [-0.05, 0) is 38.1 Å². The summed E-state index contributed by atoms with van der Waals surface area (Å²) >= 11 is 0. The molecule has 1 N–H and O–H groups in total. The number of carbonyl (C=O) groups is 1. The van der Waals surface area contributed by atoms with Crippen molar-refractivity contribution < 1.29 is 4.79 Å². The lowest BCUT2D eigenvalue weighted by atomic mass is 9.98. The molecule has 3 heteroatoms. The second-order valence-corrected chi connectivity index (χ2v) is 5.03. The van der Waals surface area contributed by atoms with Crippen molar-refractivity contribution in [3.63, 3.8) is 0 Å². The van der Waals surface area contributed by atoms with Gasteiger partial charge in [-0.1, -0.05) is 13.3 Å². The predicted molar refractivity (Wildman–Crippen MR) is 60.6 cm³/mol. The molecule has 0 aromatic heterocycles. The zero-order chi connectivity index (χ0) is 10.7. The molecule has 2 fully saturated rings. The molecular formula is C12H22N2O. The van der Waals surface area contributed by atoms with Crippen molar-refractivity contribution in [3.8, 4) is 0 Å². The van der Waals surface area contributed by atoms with Crippen LogP contribution >= 0.6 is 0 Å². The maximum absolute atomic E-state index is 12.2. The highest BCUT2D eigenvalue weighted by Gasteiger charge is 2.28. The van der Waals surface area contributed by atoms with E-state index in [0.29, 0.717) is 11.8 Å². The molecule has 15 heavy (non-hydrogen) atoms. The molecule has 2 aliphatic rings. The molecule has 2 aliphatic heterocycles. The van der Waals surface area contributed by atoms with E-state index in [2.05, 4.69) is 17.1 Å². The zero-order valence-electron chi connectivity index (χ0n) is 9.67. The molecule has 0 bridgehead atoms. The number of rotatable bonds is 1. The number of nitrogens with one attached hydrogen (secondary N) is 1. The summed E-state index contributed by atoms with van der Waals surface area (Å²) in [6, 6.07) is 0.115. The third-order valence-electron chi connectivity index (χ3n) is 3.58. The van der Waals surface area contributed by atoms with E-state index in [4.69, 9.17) is 0 Å². The topological polar surface area (TPSA) is 32.3 Å². The van der Waals surface area contributed by atoms with Crippen LogP contribution in [0.4, 0.5) is 0 Å². The molecule has 2 rings (SSSR count). The Hall–Kier alpha value is -0.570. The Kier molecular flexibility index (Phi) is 3.62. The number of likely N-dealkylation sites (tertiary alicyclic amines) is 1. The fraction of sp³-hybridized carbons (Fsp3) is 0.917. The van der Waals surface area contributed by atoms with Gasteiger partial charge in [-0.2, -0.15) is 0 Å². The quantitative estimate of drug-likeness (QED) is 0.709. The van der Waals surface area contributed by atoms with Crippen LogP contribution in [0, 0.1) is 5.92 Å². The van der Waals surface area contributed by atoms with Crippen molar-refractivity contribution in [2.24, 2.45) is 5.92 Å². The molecular weight excluding hydrogens is 188 g/mol. The highest BCUT2D eigenvalue weighted by molar-refractivity contribution is 5.82. The monoisotopic (exact) mass is 210 g/mol. The SMILES string of the molecule is C[C@H]1CCCN(C(=O)[C@H]2CCCCN2)C1. The molecule has 0 aromatic rings. The second kappa shape index (κ2) is 4.97. The number of nitrogens with zero attached hydrogens (tertiary/aromatic N) is 1. The minimum atomic E-state index is 0.115. The molecule has 1 amide bonds. The van der Waals surface area contributed by atoms with Crippen LogP contribution in [0.5, 0.6) is 0 Å². The fourth-order valence-electron chi connectivity index (χ4n) is 2.67. The molecule has 86 valence electrons. The van der Waals surface area contributed by atoms with Crippen LogP contribution in [0.1, 0.15) is 39.0 Å². The second-order valence-electron chi connectivity index (χ2n) is 5.03. The van der Waals surface area contributed by atoms with Gasteiger partial charge in [0.15, 0.2) is 0 Å². The summed E-state index contributed by atoms with van der Waals surface area (Å²) in [6.07, 6.45) is 5.91. The van der Waals surface area contributed by atoms with E-state index in [1.165, 1.54) is 25.7 Å². The Morgan fingerprint density at radius 1 is 1.27 bits per heavy atom. The van der Waals surface area contributed by atoms with Crippen molar-refractivity contribution in [2.45, 2.75) is 45.1 Å². The Morgan fingerprint density at radius 3 is 2.80 bits per heavy atom. The zero-order valence-corrected chi connectivity index (χ0v) is 9.67. The van der Waals surface area contributed by atoms with Crippen LogP contribution in [0.3, 0.4) is 0 Å². The molecule has 2 atom stereocenters. The average molecular weight is 210 g/mol. The summed E-state index contributed by atoms with van der Waals surface area (Å²) in [5.41, 5.74) is 0. The highest BCUT2D eigenvalue weighted by atomic mass is 16.2. The van der Waals surface area contributed by atoms with E-state index in [0.717, 1.165) is 26.1 Å². The van der Waals surface area contributed by atoms with Crippen molar-refractivity contribution >= 4 is 5.91 Å². The van der Waals surface area contributed by atoms with Gasteiger partial charge in [-0.15, -0.1) is 0 Å². The van der Waals surface area contributed by atoms with Gasteiger partial charge >= 0.3 is 0 Å². The molecule has 0 unspecified atom stereocenters. The van der Waals surface area contributed by atoms with Crippen LogP contribution in [0.15, 0.2) is 0 Å². The van der Waals surface area contributed by atoms with Crippen molar-refractivity contribution in [1.82, 2.24) is 10.2 Å². The summed E-state index contributed by atoms with van der Waals surface area (Å²) in [5, 5.41) is 3.34. The molecule has 3 nitrogen and oxygen atoms in total. The minimum Gasteiger partial charge on any atom is -0.341 e. The van der Waals surface area contributed by atoms with Crippen molar-refractivity contribution in [1.29, 1.82) is 0 Å². The molecule has 2 saturated heterocycles. The summed E-state index contributed by atoms with van der Waals surface area (Å²) in [7, 11) is 0. The van der Waals surface area contributed by atoms with Gasteiger partial charge in [0.05, 0.1) is 6.04 Å². The van der Waals surface area contributed by atoms with Gasteiger partial charge in [0.2, 0.25) is 5.91 Å². The first kappa shape index (κ1) is 10.9. The van der Waals surface area contributed by atoms with Crippen LogP contribution in [-0.2, 0) is 4.79 Å². The first-order valence-electron chi connectivity index (χ1n) is 6.29. The molecule has 0 aromatic carbocycles. The number of carbonyl (C=O) groups excluding carboxylic acids is 1. The number of piperidine rings is 2. The maximum atomic E-state index is 12.2. The lowest BCUT2D eigenvalue weighted by Gasteiger charge is -2.35. The van der Waals surface area contributed by atoms with Crippen molar-refractivity contribution in [3.05, 3.63) is 0 Å². The lowest BCUT2D eigenvalue weighted by Crippen LogP contribution is -2.51. The summed E-state index contributed by atoms with van der Waals surface area (Å²) in [4.78, 5) is 14.2. The van der Waals surface area contributed by atoms with Gasteiger partial charge < -0.3 is 10.2 Å². The van der Waals surface area contributed by atoms with E-state index in [1.54, 1.807) is 0 Å². The summed E-state index contributed by atoms with van der Waals surface area (Å²) in [5.74, 6) is 1.03. The number of hydrogen-bond donors (Lipinski definition) is 1. The van der Waals surface area contributed by atoms with Gasteiger partial charge in [0.25, 0.3) is 0 Å². The molecule has 0 spiro atoms. The van der Waals surface area contributed by atoms with Crippen LogP contribution in [0.25, 0.3) is 0 Å². The van der Waals surface area contributed by atoms with Crippen molar-refractivity contribution in [2.75, 3.05) is 19.6 Å². The first-order valence-corrected chi connectivity index (χ1v) is 6.29. The summed E-state index contributed by atoms with van der Waals surface area (Å²) in [6.45, 7) is 5.20. The largest absolute Gasteiger partial charge is 0.341 e. The predicted octanol–water partition coefficient (Wildman–Crippen LogP) is 1.39. The lowest BCUT2D eigenvalue weighted by molar-refractivity contribution is -0.135. The Balaban J connectivity index is 1.88. The van der Waals surface area contributed by atoms with Gasteiger partial charge in [-0.25, -0.2) is 0 Å². The first-order chi connectivity index (χ1) is 7.27.